The van der Waals surface area contributed by atoms with Gasteiger partial charge in [-0.05, 0) is 23.6 Å². The molecule has 0 aliphatic rings. The van der Waals surface area contributed by atoms with Crippen LogP contribution < -0.4 is 5.73 Å². The van der Waals surface area contributed by atoms with Crippen LogP contribution in [0.1, 0.15) is 25.3 Å². The topological polar surface area (TPSA) is 46.2 Å². The molecular formula is C12H18FNO. The summed E-state index contributed by atoms with van der Waals surface area (Å²) in [5, 5.41) is 9.94. The molecule has 2 nitrogen and oxygen atoms in total. The molecule has 1 rings (SSSR count). The van der Waals surface area contributed by atoms with Crippen molar-refractivity contribution in [2.75, 3.05) is 6.54 Å². The molecule has 0 fully saturated rings. The van der Waals surface area contributed by atoms with Crippen LogP contribution in [0.2, 0.25) is 0 Å². The molecule has 15 heavy (non-hydrogen) atoms. The van der Waals surface area contributed by atoms with Crippen LogP contribution in [-0.2, 0) is 0 Å². The van der Waals surface area contributed by atoms with Crippen molar-refractivity contribution in [3.63, 3.8) is 0 Å². The highest BCUT2D eigenvalue weighted by Gasteiger charge is 2.22. The summed E-state index contributed by atoms with van der Waals surface area (Å²) >= 11 is 0. The summed E-state index contributed by atoms with van der Waals surface area (Å²) in [6, 6.07) is 6.15. The lowest BCUT2D eigenvalue weighted by atomic mass is 9.87. The first-order valence-electron chi connectivity index (χ1n) is 5.20. The Morgan fingerprint density at radius 1 is 1.27 bits per heavy atom. The summed E-state index contributed by atoms with van der Waals surface area (Å²) in [5.74, 6) is -0.247. The normalized spacial score (nSPS) is 15.3. The van der Waals surface area contributed by atoms with E-state index in [2.05, 4.69) is 0 Å². The van der Waals surface area contributed by atoms with Crippen molar-refractivity contribution in [2.45, 2.75) is 25.9 Å². The summed E-state index contributed by atoms with van der Waals surface area (Å²) < 4.78 is 12.7. The Bertz CT molecular complexity index is 297. The zero-order valence-electron chi connectivity index (χ0n) is 9.15. The Morgan fingerprint density at radius 2 is 1.80 bits per heavy atom. The first kappa shape index (κ1) is 12.1. The quantitative estimate of drug-likeness (QED) is 0.798. The molecule has 0 amide bonds. The number of rotatable bonds is 4. The average molecular weight is 211 g/mol. The smallest absolute Gasteiger partial charge is 0.123 e. The molecule has 1 aromatic carbocycles. The minimum atomic E-state index is -0.486. The van der Waals surface area contributed by atoms with E-state index in [0.717, 1.165) is 5.56 Å². The standard InChI is InChI=1S/C12H18FNO/c1-8(2)12(15)11(7-14)9-3-5-10(13)6-4-9/h3-6,8,11-12,15H,7,14H2,1-2H3. The molecule has 0 bridgehead atoms. The van der Waals surface area contributed by atoms with Gasteiger partial charge in [0, 0.05) is 12.5 Å². The van der Waals surface area contributed by atoms with E-state index in [9.17, 15) is 9.50 Å². The van der Waals surface area contributed by atoms with Crippen molar-refractivity contribution >= 4 is 0 Å². The van der Waals surface area contributed by atoms with Crippen molar-refractivity contribution < 1.29 is 9.50 Å². The number of hydrogen-bond donors (Lipinski definition) is 2. The first-order valence-corrected chi connectivity index (χ1v) is 5.20. The van der Waals surface area contributed by atoms with Crippen molar-refractivity contribution in [1.82, 2.24) is 0 Å². The molecule has 0 saturated heterocycles. The fourth-order valence-electron chi connectivity index (χ4n) is 1.65. The van der Waals surface area contributed by atoms with E-state index in [4.69, 9.17) is 5.73 Å². The molecule has 0 radical (unpaired) electrons. The maximum absolute atomic E-state index is 12.7. The molecule has 3 heteroatoms. The van der Waals surface area contributed by atoms with Gasteiger partial charge in [0.15, 0.2) is 0 Å². The van der Waals surface area contributed by atoms with Gasteiger partial charge in [-0.25, -0.2) is 4.39 Å². The van der Waals surface area contributed by atoms with Crippen LogP contribution in [0.3, 0.4) is 0 Å². The van der Waals surface area contributed by atoms with E-state index in [1.54, 1.807) is 12.1 Å². The van der Waals surface area contributed by atoms with Gasteiger partial charge in [0.25, 0.3) is 0 Å². The number of halogens is 1. The number of hydrogen-bond acceptors (Lipinski definition) is 2. The molecule has 0 aliphatic heterocycles. The van der Waals surface area contributed by atoms with Gasteiger partial charge >= 0.3 is 0 Å². The third kappa shape index (κ3) is 3.01. The van der Waals surface area contributed by atoms with Crippen molar-refractivity contribution in [1.29, 1.82) is 0 Å². The summed E-state index contributed by atoms with van der Waals surface area (Å²) in [4.78, 5) is 0. The molecule has 84 valence electrons. The third-order valence-electron chi connectivity index (χ3n) is 2.65. The lowest BCUT2D eigenvalue weighted by Gasteiger charge is -2.24. The minimum absolute atomic E-state index is 0.120. The van der Waals surface area contributed by atoms with Gasteiger partial charge in [-0.15, -0.1) is 0 Å². The zero-order valence-corrected chi connectivity index (χ0v) is 9.15. The average Bonchev–Trinajstić information content (AvgIpc) is 2.21. The zero-order chi connectivity index (χ0) is 11.4. The van der Waals surface area contributed by atoms with Crippen molar-refractivity contribution in [2.24, 2.45) is 11.7 Å². The molecule has 0 spiro atoms. The molecule has 0 heterocycles. The number of aliphatic hydroxyl groups is 1. The largest absolute Gasteiger partial charge is 0.392 e. The molecule has 0 saturated carbocycles. The molecule has 2 atom stereocenters. The van der Waals surface area contributed by atoms with E-state index >= 15 is 0 Å². The highest BCUT2D eigenvalue weighted by molar-refractivity contribution is 5.22. The van der Waals surface area contributed by atoms with Crippen LogP contribution in [0.15, 0.2) is 24.3 Å². The summed E-state index contributed by atoms with van der Waals surface area (Å²) in [5.41, 5.74) is 6.52. The number of nitrogens with two attached hydrogens (primary N) is 1. The van der Waals surface area contributed by atoms with Gasteiger partial charge in [-0.2, -0.15) is 0 Å². The fraction of sp³-hybridized carbons (Fsp3) is 0.500. The molecule has 1 aromatic rings. The van der Waals surface area contributed by atoms with Gasteiger partial charge in [0.2, 0.25) is 0 Å². The van der Waals surface area contributed by atoms with E-state index in [-0.39, 0.29) is 17.7 Å². The van der Waals surface area contributed by atoms with Gasteiger partial charge in [-0.1, -0.05) is 26.0 Å². The molecule has 3 N–H and O–H groups in total. The number of benzene rings is 1. The monoisotopic (exact) mass is 211 g/mol. The van der Waals surface area contributed by atoms with Crippen LogP contribution in [0.4, 0.5) is 4.39 Å². The van der Waals surface area contributed by atoms with E-state index < -0.39 is 6.10 Å². The maximum atomic E-state index is 12.7. The fourth-order valence-corrected chi connectivity index (χ4v) is 1.65. The second-order valence-corrected chi connectivity index (χ2v) is 4.13. The van der Waals surface area contributed by atoms with E-state index in [1.807, 2.05) is 13.8 Å². The van der Waals surface area contributed by atoms with E-state index in [1.165, 1.54) is 12.1 Å². The lowest BCUT2D eigenvalue weighted by molar-refractivity contribution is 0.0985. The third-order valence-corrected chi connectivity index (χ3v) is 2.65. The first-order chi connectivity index (χ1) is 7.06. The summed E-state index contributed by atoms with van der Waals surface area (Å²) in [6.45, 7) is 4.25. The molecular weight excluding hydrogens is 193 g/mol. The second kappa shape index (κ2) is 5.24. The molecule has 0 aromatic heterocycles. The predicted octanol–water partition coefficient (Wildman–Crippen LogP) is 1.88. The van der Waals surface area contributed by atoms with Gasteiger partial charge in [-0.3, -0.25) is 0 Å². The maximum Gasteiger partial charge on any atom is 0.123 e. The number of aliphatic hydroxyl groups excluding tert-OH is 1. The van der Waals surface area contributed by atoms with Crippen LogP contribution in [0, 0.1) is 11.7 Å². The SMILES string of the molecule is CC(C)C(O)C(CN)c1ccc(F)cc1. The van der Waals surface area contributed by atoms with Crippen molar-refractivity contribution in [3.8, 4) is 0 Å². The van der Waals surface area contributed by atoms with Crippen LogP contribution in [-0.4, -0.2) is 17.8 Å². The molecule has 2 unspecified atom stereocenters. The summed E-state index contributed by atoms with van der Waals surface area (Å²) in [7, 11) is 0. The van der Waals surface area contributed by atoms with Gasteiger partial charge in [0.1, 0.15) is 5.82 Å². The van der Waals surface area contributed by atoms with Gasteiger partial charge in [0.05, 0.1) is 6.10 Å². The van der Waals surface area contributed by atoms with Crippen LogP contribution >= 0.6 is 0 Å². The van der Waals surface area contributed by atoms with Crippen molar-refractivity contribution in [3.05, 3.63) is 35.6 Å². The molecule has 0 aliphatic carbocycles. The minimum Gasteiger partial charge on any atom is -0.392 e. The van der Waals surface area contributed by atoms with E-state index in [0.29, 0.717) is 6.54 Å². The Hall–Kier alpha value is -0.930. The Balaban J connectivity index is 2.87. The van der Waals surface area contributed by atoms with Crippen LogP contribution in [0.25, 0.3) is 0 Å². The highest BCUT2D eigenvalue weighted by Crippen LogP contribution is 2.23. The highest BCUT2D eigenvalue weighted by atomic mass is 19.1. The Morgan fingerprint density at radius 3 is 2.20 bits per heavy atom. The Labute approximate surface area is 89.9 Å². The predicted molar refractivity (Wildman–Crippen MR) is 59.0 cm³/mol. The summed E-state index contributed by atoms with van der Waals surface area (Å²) in [6.07, 6.45) is -0.486. The van der Waals surface area contributed by atoms with Gasteiger partial charge < -0.3 is 10.8 Å². The van der Waals surface area contributed by atoms with Crippen LogP contribution in [0.5, 0.6) is 0 Å². The Kier molecular flexibility index (Phi) is 4.24. The second-order valence-electron chi connectivity index (χ2n) is 4.13. The lowest BCUT2D eigenvalue weighted by Crippen LogP contribution is -2.29.